The van der Waals surface area contributed by atoms with Gasteiger partial charge in [0.1, 0.15) is 0 Å². The van der Waals surface area contributed by atoms with Crippen molar-refractivity contribution in [3.63, 3.8) is 0 Å². The first-order chi connectivity index (χ1) is 3.18. The van der Waals surface area contributed by atoms with Crippen LogP contribution in [0.4, 0.5) is 0 Å². The second-order valence-electron chi connectivity index (χ2n) is 1.46. The minimum atomic E-state index is 0. The summed E-state index contributed by atoms with van der Waals surface area (Å²) in [5.41, 5.74) is 0.808. The molecule has 0 aromatic rings. The van der Waals surface area contributed by atoms with Crippen molar-refractivity contribution in [1.29, 1.82) is 10.8 Å². The lowest BCUT2D eigenvalue weighted by atomic mass is 10.2. The Morgan fingerprint density at radius 3 is 1.56 bits per heavy atom. The molecule has 0 saturated carbocycles. The zero-order chi connectivity index (χ0) is 5.86. The molecule has 0 atom stereocenters. The van der Waals surface area contributed by atoms with Gasteiger partial charge in [-0.1, -0.05) is 6.92 Å². The molecular weight excluding hydrogens is 159 g/mol. The zero-order valence-electron chi connectivity index (χ0n) is 5.52. The molecule has 0 aliphatic heterocycles. The summed E-state index contributed by atoms with van der Waals surface area (Å²) in [4.78, 5) is 0. The standard InChI is InChI=1S/C5H10N2.2ClH/c1-3-5(7)4(2)6;;/h6-7H,3H2,1-2H3;2*1H. The predicted octanol–water partition coefficient (Wildman–Crippen LogP) is 2.30. The lowest BCUT2D eigenvalue weighted by molar-refractivity contribution is 1.26. The van der Waals surface area contributed by atoms with Gasteiger partial charge in [-0.3, -0.25) is 0 Å². The van der Waals surface area contributed by atoms with Gasteiger partial charge >= 0.3 is 0 Å². The van der Waals surface area contributed by atoms with Gasteiger partial charge in [0, 0.05) is 5.71 Å². The van der Waals surface area contributed by atoms with Crippen LogP contribution in [0.3, 0.4) is 0 Å². The van der Waals surface area contributed by atoms with Crippen LogP contribution in [0.15, 0.2) is 0 Å². The Morgan fingerprint density at radius 2 is 1.56 bits per heavy atom. The van der Waals surface area contributed by atoms with Crippen molar-refractivity contribution in [2.45, 2.75) is 20.3 Å². The molecule has 0 rings (SSSR count). The molecule has 0 aromatic heterocycles. The molecule has 0 spiro atoms. The van der Waals surface area contributed by atoms with Crippen molar-refractivity contribution in [3.8, 4) is 0 Å². The van der Waals surface area contributed by atoms with E-state index in [9.17, 15) is 0 Å². The fraction of sp³-hybridized carbons (Fsp3) is 0.600. The normalized spacial score (nSPS) is 6.44. The quantitative estimate of drug-likeness (QED) is 0.599. The Kier molecular flexibility index (Phi) is 14.0. The smallest absolute Gasteiger partial charge is 0.0515 e. The molecule has 4 heteroatoms. The van der Waals surface area contributed by atoms with E-state index in [4.69, 9.17) is 10.8 Å². The van der Waals surface area contributed by atoms with Crippen molar-refractivity contribution < 1.29 is 0 Å². The summed E-state index contributed by atoms with van der Waals surface area (Å²) in [7, 11) is 0. The minimum Gasteiger partial charge on any atom is -0.304 e. The molecule has 0 fully saturated rings. The SMILES string of the molecule is CCC(=N)C(C)=N.Cl.Cl. The summed E-state index contributed by atoms with van der Waals surface area (Å²) in [6.07, 6.45) is 0.676. The van der Waals surface area contributed by atoms with Crippen molar-refractivity contribution in [2.24, 2.45) is 0 Å². The Labute approximate surface area is 67.9 Å². The molecule has 0 saturated heterocycles. The monoisotopic (exact) mass is 170 g/mol. The van der Waals surface area contributed by atoms with Crippen LogP contribution in [0.2, 0.25) is 0 Å². The number of halogens is 2. The Balaban J connectivity index is -0.000000180. The maximum atomic E-state index is 6.97. The first-order valence-electron chi connectivity index (χ1n) is 2.31. The third-order valence-electron chi connectivity index (χ3n) is 0.806. The molecule has 0 aromatic carbocycles. The van der Waals surface area contributed by atoms with Crippen LogP contribution in [0.1, 0.15) is 20.3 Å². The van der Waals surface area contributed by atoms with E-state index < -0.39 is 0 Å². The molecule has 0 radical (unpaired) electrons. The van der Waals surface area contributed by atoms with E-state index in [0.29, 0.717) is 17.8 Å². The number of rotatable bonds is 2. The van der Waals surface area contributed by atoms with Crippen LogP contribution in [-0.4, -0.2) is 11.4 Å². The highest BCUT2D eigenvalue weighted by Gasteiger charge is 1.90. The molecule has 56 valence electrons. The van der Waals surface area contributed by atoms with Gasteiger partial charge in [-0.15, -0.1) is 24.8 Å². The van der Waals surface area contributed by atoms with E-state index in [0.717, 1.165) is 0 Å². The fourth-order valence-corrected chi connectivity index (χ4v) is 0.265. The second kappa shape index (κ2) is 7.92. The van der Waals surface area contributed by atoms with Gasteiger partial charge in [0.15, 0.2) is 0 Å². The van der Waals surface area contributed by atoms with E-state index in [1.54, 1.807) is 6.92 Å². The maximum Gasteiger partial charge on any atom is 0.0515 e. The van der Waals surface area contributed by atoms with Crippen molar-refractivity contribution in [1.82, 2.24) is 0 Å². The van der Waals surface area contributed by atoms with Crippen molar-refractivity contribution in [3.05, 3.63) is 0 Å². The number of hydrogen-bond donors (Lipinski definition) is 2. The summed E-state index contributed by atoms with van der Waals surface area (Å²) < 4.78 is 0. The Hall–Kier alpha value is -0.0800. The fourth-order valence-electron chi connectivity index (χ4n) is 0.265. The van der Waals surface area contributed by atoms with Crippen LogP contribution >= 0.6 is 24.8 Å². The van der Waals surface area contributed by atoms with Gasteiger partial charge in [-0.05, 0) is 13.3 Å². The van der Waals surface area contributed by atoms with Gasteiger partial charge < -0.3 is 10.8 Å². The molecule has 2 N–H and O–H groups in total. The largest absolute Gasteiger partial charge is 0.304 e. The minimum absolute atomic E-state index is 0. The summed E-state index contributed by atoms with van der Waals surface area (Å²) >= 11 is 0. The van der Waals surface area contributed by atoms with E-state index in [1.165, 1.54) is 0 Å². The molecule has 0 aliphatic carbocycles. The zero-order valence-corrected chi connectivity index (χ0v) is 7.16. The highest BCUT2D eigenvalue weighted by Crippen LogP contribution is 1.81. The average molecular weight is 171 g/mol. The lowest BCUT2D eigenvalue weighted by Crippen LogP contribution is -2.03. The van der Waals surface area contributed by atoms with Crippen molar-refractivity contribution >= 4 is 36.2 Å². The molecule has 0 bridgehead atoms. The van der Waals surface area contributed by atoms with Gasteiger partial charge in [0.05, 0.1) is 5.71 Å². The van der Waals surface area contributed by atoms with Crippen LogP contribution < -0.4 is 0 Å². The van der Waals surface area contributed by atoms with Crippen LogP contribution in [-0.2, 0) is 0 Å². The molecule has 9 heavy (non-hydrogen) atoms. The Bertz CT molecular complexity index is 101. The van der Waals surface area contributed by atoms with Crippen molar-refractivity contribution in [2.75, 3.05) is 0 Å². The predicted molar refractivity (Wildman–Crippen MR) is 45.9 cm³/mol. The van der Waals surface area contributed by atoms with Crippen LogP contribution in [0, 0.1) is 10.8 Å². The van der Waals surface area contributed by atoms with E-state index in [1.807, 2.05) is 6.92 Å². The average Bonchev–Trinajstić information content (AvgIpc) is 1.65. The highest BCUT2D eigenvalue weighted by molar-refractivity contribution is 6.38. The summed E-state index contributed by atoms with van der Waals surface area (Å²) in [5.74, 6) is 0. The second-order valence-corrected chi connectivity index (χ2v) is 1.46. The third kappa shape index (κ3) is 7.92. The molecule has 2 nitrogen and oxygen atoms in total. The van der Waals surface area contributed by atoms with E-state index in [2.05, 4.69) is 0 Å². The lowest BCUT2D eigenvalue weighted by Gasteiger charge is -1.90. The summed E-state index contributed by atoms with van der Waals surface area (Å²) in [6, 6.07) is 0. The number of hydrogen-bond acceptors (Lipinski definition) is 2. The molecular formula is C5H12Cl2N2. The first-order valence-corrected chi connectivity index (χ1v) is 2.31. The van der Waals surface area contributed by atoms with Crippen LogP contribution in [0.25, 0.3) is 0 Å². The number of nitrogens with one attached hydrogen (secondary N) is 2. The highest BCUT2D eigenvalue weighted by atomic mass is 35.5. The van der Waals surface area contributed by atoms with Gasteiger partial charge in [0.25, 0.3) is 0 Å². The molecule has 0 amide bonds. The molecule has 0 heterocycles. The topological polar surface area (TPSA) is 47.7 Å². The third-order valence-corrected chi connectivity index (χ3v) is 0.806. The molecule has 0 aliphatic rings. The van der Waals surface area contributed by atoms with E-state index >= 15 is 0 Å². The summed E-state index contributed by atoms with van der Waals surface area (Å²) in [5, 5.41) is 13.8. The summed E-state index contributed by atoms with van der Waals surface area (Å²) in [6.45, 7) is 3.51. The maximum absolute atomic E-state index is 6.97. The Morgan fingerprint density at radius 1 is 1.22 bits per heavy atom. The first kappa shape index (κ1) is 16.0. The van der Waals surface area contributed by atoms with Gasteiger partial charge in [-0.2, -0.15) is 0 Å². The van der Waals surface area contributed by atoms with E-state index in [-0.39, 0.29) is 24.8 Å². The van der Waals surface area contributed by atoms with Gasteiger partial charge in [0.2, 0.25) is 0 Å². The van der Waals surface area contributed by atoms with Crippen LogP contribution in [0.5, 0.6) is 0 Å². The van der Waals surface area contributed by atoms with Gasteiger partial charge in [-0.25, -0.2) is 0 Å². The molecule has 0 unspecified atom stereocenters.